The molecule has 0 fully saturated rings. The Morgan fingerprint density at radius 2 is 1.77 bits per heavy atom. The first-order valence-electron chi connectivity index (χ1n) is 9.71. The third-order valence-electron chi connectivity index (χ3n) is 4.36. The Hall–Kier alpha value is -3.61. The van der Waals surface area contributed by atoms with Crippen molar-refractivity contribution >= 4 is 11.9 Å². The molecule has 0 radical (unpaired) electrons. The Bertz CT molecular complexity index is 995. The van der Waals surface area contributed by atoms with Crippen molar-refractivity contribution in [3.8, 4) is 22.7 Å². The second kappa shape index (κ2) is 9.73. The molecule has 0 unspecified atom stereocenters. The average Bonchev–Trinajstić information content (AvgIpc) is 3.22. The van der Waals surface area contributed by atoms with Crippen LogP contribution in [0.4, 0.5) is 0 Å². The van der Waals surface area contributed by atoms with Crippen molar-refractivity contribution in [3.05, 3.63) is 66.4 Å². The van der Waals surface area contributed by atoms with E-state index in [0.717, 1.165) is 11.3 Å². The number of benzene rings is 2. The van der Waals surface area contributed by atoms with E-state index in [1.54, 1.807) is 30.1 Å². The van der Waals surface area contributed by atoms with Crippen LogP contribution in [0.15, 0.2) is 60.8 Å². The molecule has 0 bridgehead atoms. The summed E-state index contributed by atoms with van der Waals surface area (Å²) in [4.78, 5) is 24.7. The highest BCUT2D eigenvalue weighted by molar-refractivity contribution is 5.97. The number of hydrogen-bond donors (Lipinski definition) is 1. The third kappa shape index (κ3) is 5.26. The Kier molecular flexibility index (Phi) is 6.85. The van der Waals surface area contributed by atoms with E-state index in [4.69, 9.17) is 9.47 Å². The van der Waals surface area contributed by atoms with E-state index >= 15 is 0 Å². The molecule has 2 aromatic carbocycles. The Morgan fingerprint density at radius 1 is 1.07 bits per heavy atom. The summed E-state index contributed by atoms with van der Waals surface area (Å²) in [5.74, 6) is 0.0730. The van der Waals surface area contributed by atoms with Crippen LogP contribution in [0.1, 0.15) is 24.2 Å². The number of carbonyl (C=O) groups excluding carboxylic acids is 2. The largest absolute Gasteiger partial charge is 0.497 e. The van der Waals surface area contributed by atoms with Gasteiger partial charge in [0.1, 0.15) is 17.0 Å². The van der Waals surface area contributed by atoms with E-state index < -0.39 is 5.97 Å². The number of esters is 1. The second-order valence-corrected chi connectivity index (χ2v) is 7.17. The molecule has 0 aliphatic rings. The van der Waals surface area contributed by atoms with Gasteiger partial charge in [0.25, 0.3) is 5.91 Å². The van der Waals surface area contributed by atoms with Gasteiger partial charge in [-0.15, -0.1) is 0 Å². The monoisotopic (exact) mass is 407 g/mol. The molecule has 0 aliphatic heterocycles. The fourth-order valence-electron chi connectivity index (χ4n) is 2.78. The smallest absolute Gasteiger partial charge is 0.342 e. The zero-order valence-electron chi connectivity index (χ0n) is 17.3. The molecule has 3 aromatic rings. The van der Waals surface area contributed by atoms with Crippen molar-refractivity contribution in [1.29, 1.82) is 0 Å². The predicted octanol–water partition coefficient (Wildman–Crippen LogP) is 3.48. The number of amides is 1. The fourth-order valence-corrected chi connectivity index (χ4v) is 2.78. The number of methoxy groups -OCH3 is 1. The summed E-state index contributed by atoms with van der Waals surface area (Å²) < 4.78 is 12.1. The summed E-state index contributed by atoms with van der Waals surface area (Å²) in [5.41, 5.74) is 2.29. The van der Waals surface area contributed by atoms with Crippen LogP contribution in [0.25, 0.3) is 16.9 Å². The summed E-state index contributed by atoms with van der Waals surface area (Å²) >= 11 is 0. The Balaban J connectivity index is 1.86. The number of carbonyl (C=O) groups is 2. The van der Waals surface area contributed by atoms with Crippen LogP contribution >= 0.6 is 0 Å². The molecule has 1 heterocycles. The van der Waals surface area contributed by atoms with Crippen molar-refractivity contribution in [2.45, 2.75) is 13.8 Å². The number of nitrogens with zero attached hydrogens (tertiary/aromatic N) is 2. The topological polar surface area (TPSA) is 82.5 Å². The summed E-state index contributed by atoms with van der Waals surface area (Å²) in [6.45, 7) is 4.17. The molecular formula is C23H25N3O4. The molecule has 0 atom stereocenters. The lowest BCUT2D eigenvalue weighted by molar-refractivity contribution is -0.124. The highest BCUT2D eigenvalue weighted by atomic mass is 16.5. The van der Waals surface area contributed by atoms with Crippen LogP contribution in [0.5, 0.6) is 5.75 Å². The molecule has 30 heavy (non-hydrogen) atoms. The Labute approximate surface area is 175 Å². The van der Waals surface area contributed by atoms with E-state index in [1.165, 1.54) is 0 Å². The summed E-state index contributed by atoms with van der Waals surface area (Å²) in [5, 5.41) is 7.32. The molecule has 1 amide bonds. The minimum absolute atomic E-state index is 0.278. The van der Waals surface area contributed by atoms with Crippen LogP contribution in [0.2, 0.25) is 0 Å². The number of ether oxygens (including phenoxy) is 2. The van der Waals surface area contributed by atoms with Crippen molar-refractivity contribution in [2.24, 2.45) is 5.92 Å². The molecule has 0 saturated carbocycles. The molecule has 1 aromatic heterocycles. The molecule has 156 valence electrons. The third-order valence-corrected chi connectivity index (χ3v) is 4.36. The second-order valence-electron chi connectivity index (χ2n) is 7.17. The fraction of sp³-hybridized carbons (Fsp3) is 0.261. The molecule has 0 spiro atoms. The lowest BCUT2D eigenvalue weighted by Crippen LogP contribution is -2.31. The van der Waals surface area contributed by atoms with Gasteiger partial charge in [-0.2, -0.15) is 5.10 Å². The molecule has 3 rings (SSSR count). The van der Waals surface area contributed by atoms with Gasteiger partial charge >= 0.3 is 5.97 Å². The molecule has 7 nitrogen and oxygen atoms in total. The molecular weight excluding hydrogens is 382 g/mol. The predicted molar refractivity (Wildman–Crippen MR) is 114 cm³/mol. The number of rotatable bonds is 8. The number of nitrogens with one attached hydrogen (secondary N) is 1. The van der Waals surface area contributed by atoms with Gasteiger partial charge in [-0.05, 0) is 42.3 Å². The van der Waals surface area contributed by atoms with Gasteiger partial charge in [0, 0.05) is 18.3 Å². The number of aromatic nitrogens is 2. The molecule has 1 N–H and O–H groups in total. The van der Waals surface area contributed by atoms with Gasteiger partial charge in [-0.1, -0.05) is 32.0 Å². The van der Waals surface area contributed by atoms with Crippen molar-refractivity contribution < 1.29 is 19.1 Å². The first kappa shape index (κ1) is 21.1. The van der Waals surface area contributed by atoms with Crippen LogP contribution in [-0.2, 0) is 9.53 Å². The maximum absolute atomic E-state index is 12.8. The zero-order valence-corrected chi connectivity index (χ0v) is 17.3. The maximum Gasteiger partial charge on any atom is 0.342 e. The quantitative estimate of drug-likeness (QED) is 0.578. The lowest BCUT2D eigenvalue weighted by Gasteiger charge is -2.08. The van der Waals surface area contributed by atoms with E-state index in [2.05, 4.69) is 10.4 Å². The van der Waals surface area contributed by atoms with Gasteiger partial charge in [0.15, 0.2) is 6.61 Å². The normalized spacial score (nSPS) is 10.7. The SMILES string of the molecule is COc1ccc(-c2nn(-c3ccccc3)cc2C(=O)OCC(=O)NCC(C)C)cc1. The van der Waals surface area contributed by atoms with E-state index in [-0.39, 0.29) is 18.1 Å². The van der Waals surface area contributed by atoms with Crippen LogP contribution in [0, 0.1) is 5.92 Å². The lowest BCUT2D eigenvalue weighted by atomic mass is 10.1. The van der Waals surface area contributed by atoms with Crippen molar-refractivity contribution in [1.82, 2.24) is 15.1 Å². The maximum atomic E-state index is 12.8. The first-order valence-corrected chi connectivity index (χ1v) is 9.71. The highest BCUT2D eigenvalue weighted by Crippen LogP contribution is 2.26. The summed E-state index contributed by atoms with van der Waals surface area (Å²) in [6.07, 6.45) is 1.61. The van der Waals surface area contributed by atoms with Gasteiger partial charge in [-0.25, -0.2) is 9.48 Å². The minimum atomic E-state index is -0.609. The Morgan fingerprint density at radius 3 is 2.40 bits per heavy atom. The summed E-state index contributed by atoms with van der Waals surface area (Å²) in [7, 11) is 1.59. The van der Waals surface area contributed by atoms with Crippen molar-refractivity contribution in [3.63, 3.8) is 0 Å². The minimum Gasteiger partial charge on any atom is -0.497 e. The zero-order chi connectivity index (χ0) is 21.5. The van der Waals surface area contributed by atoms with Crippen LogP contribution in [0.3, 0.4) is 0 Å². The van der Waals surface area contributed by atoms with Crippen molar-refractivity contribution in [2.75, 3.05) is 20.3 Å². The van der Waals surface area contributed by atoms with E-state index in [1.807, 2.05) is 56.3 Å². The standard InChI is InChI=1S/C23H25N3O4/c1-16(2)13-24-21(27)15-30-23(28)20-14-26(18-7-5-4-6-8-18)25-22(20)17-9-11-19(29-3)12-10-17/h4-12,14,16H,13,15H2,1-3H3,(H,24,27). The van der Waals surface area contributed by atoms with Crippen LogP contribution in [-0.4, -0.2) is 41.9 Å². The molecule has 0 aliphatic carbocycles. The van der Waals surface area contributed by atoms with E-state index in [9.17, 15) is 9.59 Å². The number of hydrogen-bond acceptors (Lipinski definition) is 5. The van der Waals surface area contributed by atoms with Gasteiger partial charge in [-0.3, -0.25) is 4.79 Å². The van der Waals surface area contributed by atoms with Gasteiger partial charge in [0.05, 0.1) is 12.8 Å². The average molecular weight is 407 g/mol. The van der Waals surface area contributed by atoms with Crippen LogP contribution < -0.4 is 10.1 Å². The molecule has 0 saturated heterocycles. The van der Waals surface area contributed by atoms with Gasteiger partial charge in [0.2, 0.25) is 0 Å². The van der Waals surface area contributed by atoms with E-state index in [0.29, 0.717) is 23.9 Å². The number of para-hydroxylation sites is 1. The molecule has 7 heteroatoms. The highest BCUT2D eigenvalue weighted by Gasteiger charge is 2.21. The summed E-state index contributed by atoms with van der Waals surface area (Å²) in [6, 6.07) is 16.7. The van der Waals surface area contributed by atoms with Gasteiger partial charge < -0.3 is 14.8 Å². The first-order chi connectivity index (χ1) is 14.5.